The number of nitrogens with one attached hydrogen (secondary N) is 1. The topological polar surface area (TPSA) is 71.3 Å². The van der Waals surface area contributed by atoms with E-state index < -0.39 is 0 Å². The van der Waals surface area contributed by atoms with Gasteiger partial charge < -0.3 is 14.6 Å². The van der Waals surface area contributed by atoms with Crippen LogP contribution in [-0.2, 0) is 4.79 Å². The van der Waals surface area contributed by atoms with Crippen molar-refractivity contribution in [3.05, 3.63) is 41.0 Å². The van der Waals surface area contributed by atoms with E-state index >= 15 is 0 Å². The Labute approximate surface area is 148 Å². The minimum atomic E-state index is -0.162. The van der Waals surface area contributed by atoms with Crippen LogP contribution in [0.4, 0.5) is 5.82 Å². The van der Waals surface area contributed by atoms with Gasteiger partial charge in [-0.25, -0.2) is 0 Å². The highest BCUT2D eigenvalue weighted by Gasteiger charge is 2.28. The molecule has 25 heavy (non-hydrogen) atoms. The SMILES string of the molecule is Cc1ccc(NC2CCN(C(=O)C(C)c3cc(C)oc3C)CC2)nn1. The molecule has 0 saturated carbocycles. The zero-order chi connectivity index (χ0) is 18.0. The Morgan fingerprint density at radius 1 is 1.24 bits per heavy atom. The largest absolute Gasteiger partial charge is 0.466 e. The molecule has 0 aliphatic carbocycles. The van der Waals surface area contributed by atoms with E-state index in [1.54, 1.807) is 0 Å². The molecule has 1 aliphatic rings. The van der Waals surface area contributed by atoms with Crippen LogP contribution in [0.5, 0.6) is 0 Å². The molecule has 0 spiro atoms. The number of aryl methyl sites for hydroxylation is 3. The van der Waals surface area contributed by atoms with Crippen LogP contribution in [0.25, 0.3) is 0 Å². The number of carbonyl (C=O) groups is 1. The van der Waals surface area contributed by atoms with E-state index in [4.69, 9.17) is 4.42 Å². The Morgan fingerprint density at radius 2 is 1.96 bits per heavy atom. The molecule has 1 saturated heterocycles. The average Bonchev–Trinajstić information content (AvgIpc) is 2.94. The molecule has 0 aromatic carbocycles. The minimum absolute atomic E-state index is 0.162. The van der Waals surface area contributed by atoms with E-state index in [2.05, 4.69) is 15.5 Å². The highest BCUT2D eigenvalue weighted by Crippen LogP contribution is 2.26. The molecule has 3 heterocycles. The molecule has 1 atom stereocenters. The summed E-state index contributed by atoms with van der Waals surface area (Å²) in [7, 11) is 0. The molecular weight excluding hydrogens is 316 g/mol. The number of likely N-dealkylation sites (tertiary alicyclic amines) is 1. The van der Waals surface area contributed by atoms with E-state index in [0.29, 0.717) is 6.04 Å². The highest BCUT2D eigenvalue weighted by atomic mass is 16.3. The summed E-state index contributed by atoms with van der Waals surface area (Å²) in [5.74, 6) is 2.51. The summed E-state index contributed by atoms with van der Waals surface area (Å²) in [6.07, 6.45) is 1.83. The summed E-state index contributed by atoms with van der Waals surface area (Å²) >= 11 is 0. The van der Waals surface area contributed by atoms with E-state index in [-0.39, 0.29) is 11.8 Å². The minimum Gasteiger partial charge on any atom is -0.466 e. The number of anilines is 1. The first kappa shape index (κ1) is 17.5. The molecule has 6 heteroatoms. The van der Waals surface area contributed by atoms with E-state index in [1.165, 1.54) is 0 Å². The fourth-order valence-electron chi connectivity index (χ4n) is 3.42. The number of hydrogen-bond donors (Lipinski definition) is 1. The number of nitrogens with zero attached hydrogens (tertiary/aromatic N) is 3. The van der Waals surface area contributed by atoms with Crippen molar-refractivity contribution < 1.29 is 9.21 Å². The molecule has 1 fully saturated rings. The van der Waals surface area contributed by atoms with Gasteiger partial charge in [-0.1, -0.05) is 0 Å². The predicted octanol–water partition coefficient (Wildman–Crippen LogP) is 3.20. The maximum atomic E-state index is 12.8. The van der Waals surface area contributed by atoms with Crippen LogP contribution in [0, 0.1) is 20.8 Å². The van der Waals surface area contributed by atoms with Gasteiger partial charge in [0.25, 0.3) is 0 Å². The van der Waals surface area contributed by atoms with Gasteiger partial charge in [0.15, 0.2) is 0 Å². The molecule has 2 aromatic rings. The first-order valence-corrected chi connectivity index (χ1v) is 8.86. The lowest BCUT2D eigenvalue weighted by Crippen LogP contribution is -2.44. The second-order valence-electron chi connectivity index (χ2n) is 6.89. The number of hydrogen-bond acceptors (Lipinski definition) is 5. The van der Waals surface area contributed by atoms with Gasteiger partial charge in [0, 0.05) is 24.7 Å². The third-order valence-electron chi connectivity index (χ3n) is 4.87. The van der Waals surface area contributed by atoms with Gasteiger partial charge in [0.05, 0.1) is 11.6 Å². The maximum Gasteiger partial charge on any atom is 0.229 e. The lowest BCUT2D eigenvalue weighted by molar-refractivity contribution is -0.133. The molecule has 1 unspecified atom stereocenters. The first-order chi connectivity index (χ1) is 11.9. The number of aromatic nitrogens is 2. The molecule has 0 radical (unpaired) electrons. The summed E-state index contributed by atoms with van der Waals surface area (Å²) in [6.45, 7) is 9.24. The summed E-state index contributed by atoms with van der Waals surface area (Å²) in [5.41, 5.74) is 1.91. The van der Waals surface area contributed by atoms with Crippen molar-refractivity contribution in [2.45, 2.75) is 52.5 Å². The number of furan rings is 1. The van der Waals surface area contributed by atoms with Crippen LogP contribution in [0.15, 0.2) is 22.6 Å². The number of carbonyl (C=O) groups excluding carboxylic acids is 1. The Balaban J connectivity index is 1.55. The zero-order valence-corrected chi connectivity index (χ0v) is 15.4. The maximum absolute atomic E-state index is 12.8. The van der Waals surface area contributed by atoms with Crippen LogP contribution >= 0.6 is 0 Å². The fraction of sp³-hybridized carbons (Fsp3) is 0.526. The van der Waals surface area contributed by atoms with Gasteiger partial charge >= 0.3 is 0 Å². The number of piperidine rings is 1. The average molecular weight is 342 g/mol. The van der Waals surface area contributed by atoms with Crippen LogP contribution < -0.4 is 5.32 Å². The Bertz CT molecular complexity index is 730. The lowest BCUT2D eigenvalue weighted by Gasteiger charge is -2.34. The van der Waals surface area contributed by atoms with Gasteiger partial charge in [-0.2, -0.15) is 5.10 Å². The van der Waals surface area contributed by atoms with Gasteiger partial charge in [-0.15, -0.1) is 5.10 Å². The van der Waals surface area contributed by atoms with Crippen molar-refractivity contribution in [2.75, 3.05) is 18.4 Å². The van der Waals surface area contributed by atoms with Crippen molar-refractivity contribution in [1.29, 1.82) is 0 Å². The summed E-state index contributed by atoms with van der Waals surface area (Å²) in [4.78, 5) is 14.8. The van der Waals surface area contributed by atoms with Gasteiger partial charge in [0.2, 0.25) is 5.91 Å². The van der Waals surface area contributed by atoms with E-state index in [9.17, 15) is 4.79 Å². The second-order valence-corrected chi connectivity index (χ2v) is 6.89. The Morgan fingerprint density at radius 3 is 2.52 bits per heavy atom. The molecule has 1 amide bonds. The van der Waals surface area contributed by atoms with Crippen molar-refractivity contribution in [2.24, 2.45) is 0 Å². The molecule has 1 N–H and O–H groups in total. The first-order valence-electron chi connectivity index (χ1n) is 8.86. The van der Waals surface area contributed by atoms with Crippen molar-refractivity contribution in [3.8, 4) is 0 Å². The van der Waals surface area contributed by atoms with Crippen molar-refractivity contribution in [3.63, 3.8) is 0 Å². The van der Waals surface area contributed by atoms with Crippen LogP contribution in [-0.4, -0.2) is 40.1 Å². The second kappa shape index (κ2) is 7.25. The number of rotatable bonds is 4. The van der Waals surface area contributed by atoms with Crippen LogP contribution in [0.1, 0.15) is 48.5 Å². The van der Waals surface area contributed by atoms with Crippen molar-refractivity contribution >= 4 is 11.7 Å². The summed E-state index contributed by atoms with van der Waals surface area (Å²) in [5, 5.41) is 11.6. The molecular formula is C19H26N4O2. The predicted molar refractivity (Wildman–Crippen MR) is 96.6 cm³/mol. The quantitative estimate of drug-likeness (QED) is 0.924. The molecule has 6 nitrogen and oxygen atoms in total. The summed E-state index contributed by atoms with van der Waals surface area (Å²) in [6, 6.07) is 6.20. The Hall–Kier alpha value is -2.37. The molecule has 2 aromatic heterocycles. The van der Waals surface area contributed by atoms with Crippen LogP contribution in [0.3, 0.4) is 0 Å². The third kappa shape index (κ3) is 4.00. The van der Waals surface area contributed by atoms with Crippen molar-refractivity contribution in [1.82, 2.24) is 15.1 Å². The van der Waals surface area contributed by atoms with E-state index in [1.807, 2.05) is 50.8 Å². The molecule has 1 aliphatic heterocycles. The molecule has 0 bridgehead atoms. The number of amides is 1. The van der Waals surface area contributed by atoms with Gasteiger partial charge in [-0.05, 0) is 58.7 Å². The third-order valence-corrected chi connectivity index (χ3v) is 4.87. The van der Waals surface area contributed by atoms with Crippen LogP contribution in [0.2, 0.25) is 0 Å². The standard InChI is InChI=1S/C19H26N4O2/c1-12-5-6-18(22-21-12)20-16-7-9-23(10-8-16)19(24)14(3)17-11-13(2)25-15(17)4/h5-6,11,14,16H,7-10H2,1-4H3,(H,20,22). The smallest absolute Gasteiger partial charge is 0.229 e. The monoisotopic (exact) mass is 342 g/mol. The zero-order valence-electron chi connectivity index (χ0n) is 15.4. The van der Waals surface area contributed by atoms with E-state index in [0.717, 1.165) is 54.5 Å². The lowest BCUT2D eigenvalue weighted by atomic mass is 9.97. The highest BCUT2D eigenvalue weighted by molar-refractivity contribution is 5.83. The molecule has 3 rings (SSSR count). The summed E-state index contributed by atoms with van der Waals surface area (Å²) < 4.78 is 5.57. The normalized spacial score (nSPS) is 16.7. The van der Waals surface area contributed by atoms with Gasteiger partial charge in [0.1, 0.15) is 17.3 Å². The molecule has 134 valence electrons. The van der Waals surface area contributed by atoms with Gasteiger partial charge in [-0.3, -0.25) is 4.79 Å². The Kier molecular flexibility index (Phi) is 5.06. The fourth-order valence-corrected chi connectivity index (χ4v) is 3.42.